The second-order valence-electron chi connectivity index (χ2n) is 5.02. The Balaban J connectivity index is 2.20. The van der Waals surface area contributed by atoms with E-state index in [2.05, 4.69) is 20.9 Å². The number of halogens is 1. The SMILES string of the molecule is CCOC(=O)c1[nH]c(-c2ccccc2)c(Br)c1-c1ccccc1. The first-order chi connectivity index (χ1) is 11.2. The lowest BCUT2D eigenvalue weighted by atomic mass is 10.0. The van der Waals surface area contributed by atoms with Crippen molar-refractivity contribution < 1.29 is 9.53 Å². The molecule has 0 unspecified atom stereocenters. The van der Waals surface area contributed by atoms with Crippen LogP contribution in [0, 0.1) is 0 Å². The molecule has 1 heterocycles. The molecular formula is C19H16BrNO2. The average Bonchev–Trinajstić information content (AvgIpc) is 2.94. The molecule has 3 nitrogen and oxygen atoms in total. The number of aromatic amines is 1. The number of H-pyrrole nitrogens is 1. The summed E-state index contributed by atoms with van der Waals surface area (Å²) in [4.78, 5) is 15.6. The molecule has 3 rings (SSSR count). The molecule has 3 aromatic rings. The maximum atomic E-state index is 12.4. The number of carbonyl (C=O) groups excluding carboxylic acids is 1. The molecule has 0 bridgehead atoms. The van der Waals surface area contributed by atoms with Gasteiger partial charge in [-0.1, -0.05) is 60.7 Å². The maximum absolute atomic E-state index is 12.4. The highest BCUT2D eigenvalue weighted by Crippen LogP contribution is 2.39. The van der Waals surface area contributed by atoms with E-state index < -0.39 is 0 Å². The van der Waals surface area contributed by atoms with Crippen LogP contribution in [0.1, 0.15) is 17.4 Å². The fraction of sp³-hybridized carbons (Fsp3) is 0.105. The van der Waals surface area contributed by atoms with Crippen LogP contribution in [0.2, 0.25) is 0 Å². The number of hydrogen-bond donors (Lipinski definition) is 1. The predicted octanol–water partition coefficient (Wildman–Crippen LogP) is 5.29. The van der Waals surface area contributed by atoms with E-state index in [0.717, 1.165) is 26.9 Å². The molecule has 0 saturated carbocycles. The van der Waals surface area contributed by atoms with Crippen molar-refractivity contribution in [3.05, 3.63) is 70.8 Å². The molecule has 0 aliphatic carbocycles. The molecule has 1 N–H and O–H groups in total. The van der Waals surface area contributed by atoms with Gasteiger partial charge in [0, 0.05) is 5.56 Å². The van der Waals surface area contributed by atoms with Gasteiger partial charge in [0.1, 0.15) is 5.69 Å². The van der Waals surface area contributed by atoms with Crippen molar-refractivity contribution in [1.29, 1.82) is 0 Å². The van der Waals surface area contributed by atoms with Crippen LogP contribution in [0.15, 0.2) is 65.1 Å². The molecule has 0 amide bonds. The van der Waals surface area contributed by atoms with Crippen molar-refractivity contribution in [2.75, 3.05) is 6.61 Å². The molecule has 0 fully saturated rings. The summed E-state index contributed by atoms with van der Waals surface area (Å²) in [5.41, 5.74) is 4.12. The Labute approximate surface area is 143 Å². The van der Waals surface area contributed by atoms with Gasteiger partial charge in [-0.05, 0) is 34.0 Å². The highest BCUT2D eigenvalue weighted by molar-refractivity contribution is 9.10. The van der Waals surface area contributed by atoms with Crippen LogP contribution >= 0.6 is 15.9 Å². The second-order valence-corrected chi connectivity index (χ2v) is 5.81. The lowest BCUT2D eigenvalue weighted by Crippen LogP contribution is -2.06. The largest absolute Gasteiger partial charge is 0.461 e. The lowest BCUT2D eigenvalue weighted by Gasteiger charge is -2.04. The number of ether oxygens (including phenoxy) is 1. The van der Waals surface area contributed by atoms with Crippen molar-refractivity contribution >= 4 is 21.9 Å². The van der Waals surface area contributed by atoms with E-state index in [9.17, 15) is 4.79 Å². The normalized spacial score (nSPS) is 10.5. The van der Waals surface area contributed by atoms with Gasteiger partial charge in [0.2, 0.25) is 0 Å². The van der Waals surface area contributed by atoms with Gasteiger partial charge in [-0.2, -0.15) is 0 Å². The minimum absolute atomic E-state index is 0.338. The second kappa shape index (κ2) is 6.84. The fourth-order valence-corrected chi connectivity index (χ4v) is 3.27. The molecule has 0 atom stereocenters. The van der Waals surface area contributed by atoms with E-state index in [0.29, 0.717) is 12.3 Å². The van der Waals surface area contributed by atoms with Crippen molar-refractivity contribution in [3.8, 4) is 22.4 Å². The minimum Gasteiger partial charge on any atom is -0.461 e. The molecule has 0 saturated heterocycles. The predicted molar refractivity (Wildman–Crippen MR) is 95.3 cm³/mol. The quantitative estimate of drug-likeness (QED) is 0.635. The summed E-state index contributed by atoms with van der Waals surface area (Å²) in [7, 11) is 0. The van der Waals surface area contributed by atoms with E-state index in [-0.39, 0.29) is 5.97 Å². The van der Waals surface area contributed by atoms with Gasteiger partial charge in [-0.3, -0.25) is 0 Å². The first kappa shape index (κ1) is 15.6. The zero-order valence-electron chi connectivity index (χ0n) is 12.7. The number of aromatic nitrogens is 1. The molecule has 0 spiro atoms. The number of carbonyl (C=O) groups is 1. The highest BCUT2D eigenvalue weighted by Gasteiger charge is 2.23. The van der Waals surface area contributed by atoms with Crippen LogP contribution < -0.4 is 0 Å². The van der Waals surface area contributed by atoms with Crippen LogP contribution in [0.4, 0.5) is 0 Å². The molecular weight excluding hydrogens is 354 g/mol. The van der Waals surface area contributed by atoms with Crippen LogP contribution in [-0.4, -0.2) is 17.6 Å². The topological polar surface area (TPSA) is 42.1 Å². The van der Waals surface area contributed by atoms with Crippen LogP contribution in [0.25, 0.3) is 22.4 Å². The van der Waals surface area contributed by atoms with Gasteiger partial charge < -0.3 is 9.72 Å². The maximum Gasteiger partial charge on any atom is 0.355 e. The van der Waals surface area contributed by atoms with Crippen LogP contribution in [-0.2, 0) is 4.74 Å². The Hall–Kier alpha value is -2.33. The van der Waals surface area contributed by atoms with Gasteiger partial charge in [-0.15, -0.1) is 0 Å². The molecule has 116 valence electrons. The van der Waals surface area contributed by atoms with Crippen LogP contribution in [0.5, 0.6) is 0 Å². The van der Waals surface area contributed by atoms with E-state index in [1.807, 2.05) is 60.7 Å². The van der Waals surface area contributed by atoms with Crippen molar-refractivity contribution in [1.82, 2.24) is 4.98 Å². The van der Waals surface area contributed by atoms with Gasteiger partial charge in [0.25, 0.3) is 0 Å². The Bertz CT molecular complexity index is 810. The summed E-state index contributed by atoms with van der Waals surface area (Å²) in [5.74, 6) is -0.353. The fourth-order valence-electron chi connectivity index (χ4n) is 2.51. The van der Waals surface area contributed by atoms with Crippen LogP contribution in [0.3, 0.4) is 0 Å². The van der Waals surface area contributed by atoms with Gasteiger partial charge in [0.05, 0.1) is 16.8 Å². The van der Waals surface area contributed by atoms with E-state index in [1.165, 1.54) is 0 Å². The summed E-state index contributed by atoms with van der Waals surface area (Å²) in [5, 5.41) is 0. The number of benzene rings is 2. The van der Waals surface area contributed by atoms with E-state index >= 15 is 0 Å². The van der Waals surface area contributed by atoms with Gasteiger partial charge in [-0.25, -0.2) is 4.79 Å². The Morgan fingerprint density at radius 2 is 1.57 bits per heavy atom. The summed E-state index contributed by atoms with van der Waals surface area (Å²) < 4.78 is 6.06. The summed E-state index contributed by atoms with van der Waals surface area (Å²) >= 11 is 3.66. The molecule has 23 heavy (non-hydrogen) atoms. The Morgan fingerprint density at radius 1 is 1.00 bits per heavy atom. The molecule has 0 aliphatic rings. The summed E-state index contributed by atoms with van der Waals surface area (Å²) in [6.45, 7) is 2.14. The first-order valence-corrected chi connectivity index (χ1v) is 8.21. The third-order valence-electron chi connectivity index (χ3n) is 3.54. The summed E-state index contributed by atoms with van der Waals surface area (Å²) in [6, 6.07) is 19.7. The van der Waals surface area contributed by atoms with Crippen molar-refractivity contribution in [2.45, 2.75) is 6.92 Å². The zero-order valence-corrected chi connectivity index (χ0v) is 14.3. The third-order valence-corrected chi connectivity index (χ3v) is 4.34. The van der Waals surface area contributed by atoms with Gasteiger partial charge in [0.15, 0.2) is 0 Å². The van der Waals surface area contributed by atoms with Crippen molar-refractivity contribution in [3.63, 3.8) is 0 Å². The molecule has 2 aromatic carbocycles. The standard InChI is InChI=1S/C19H16BrNO2/c1-2-23-19(22)18-15(13-9-5-3-6-10-13)16(20)17(21-18)14-11-7-4-8-12-14/h3-12,21H,2H2,1H3. The lowest BCUT2D eigenvalue weighted by molar-refractivity contribution is 0.0521. The van der Waals surface area contributed by atoms with Crippen molar-refractivity contribution in [2.24, 2.45) is 0 Å². The first-order valence-electron chi connectivity index (χ1n) is 7.41. The number of esters is 1. The van der Waals surface area contributed by atoms with E-state index in [1.54, 1.807) is 6.92 Å². The van der Waals surface area contributed by atoms with E-state index in [4.69, 9.17) is 4.74 Å². The number of hydrogen-bond acceptors (Lipinski definition) is 2. The highest BCUT2D eigenvalue weighted by atomic mass is 79.9. The monoisotopic (exact) mass is 369 g/mol. The number of rotatable bonds is 4. The van der Waals surface area contributed by atoms with Gasteiger partial charge >= 0.3 is 5.97 Å². The zero-order chi connectivity index (χ0) is 16.2. The summed E-state index contributed by atoms with van der Waals surface area (Å²) in [6.07, 6.45) is 0. The molecule has 0 radical (unpaired) electrons. The molecule has 0 aliphatic heterocycles. The number of nitrogens with one attached hydrogen (secondary N) is 1. The Morgan fingerprint density at radius 3 is 2.13 bits per heavy atom. The third kappa shape index (κ3) is 3.08. The smallest absolute Gasteiger partial charge is 0.355 e. The Kier molecular flexibility index (Phi) is 4.63. The average molecular weight is 370 g/mol. The minimum atomic E-state index is -0.353. The molecule has 4 heteroatoms. The molecule has 1 aromatic heterocycles.